The number of nitrogens with one attached hydrogen (secondary N) is 1. The molecule has 1 spiro atoms. The minimum atomic E-state index is 0.268. The van der Waals surface area contributed by atoms with E-state index in [-0.39, 0.29) is 5.60 Å². The highest BCUT2D eigenvalue weighted by atomic mass is 16.5. The summed E-state index contributed by atoms with van der Waals surface area (Å²) in [6.07, 6.45) is 15.0. The van der Waals surface area contributed by atoms with Gasteiger partial charge in [-0.25, -0.2) is 0 Å². The van der Waals surface area contributed by atoms with Gasteiger partial charge in [0.25, 0.3) is 0 Å². The lowest BCUT2D eigenvalue weighted by Crippen LogP contribution is -2.52. The molecule has 0 aromatic heterocycles. The van der Waals surface area contributed by atoms with E-state index in [1.54, 1.807) is 0 Å². The first-order valence-corrected chi connectivity index (χ1v) is 9.55. The van der Waals surface area contributed by atoms with E-state index in [9.17, 15) is 0 Å². The molecule has 2 nitrogen and oxygen atoms in total. The molecule has 0 radical (unpaired) electrons. The van der Waals surface area contributed by atoms with Crippen LogP contribution in [0, 0.1) is 11.3 Å². The molecule has 2 heteroatoms. The minimum Gasteiger partial charge on any atom is -0.375 e. The van der Waals surface area contributed by atoms with Gasteiger partial charge in [-0.3, -0.25) is 0 Å². The summed E-state index contributed by atoms with van der Waals surface area (Å²) in [4.78, 5) is 0. The predicted octanol–water partition coefficient (Wildman–Crippen LogP) is 4.67. The summed E-state index contributed by atoms with van der Waals surface area (Å²) in [6, 6.07) is 0.723. The van der Waals surface area contributed by atoms with Crippen molar-refractivity contribution in [2.24, 2.45) is 11.3 Å². The number of rotatable bonds is 5. The van der Waals surface area contributed by atoms with Gasteiger partial charge >= 0.3 is 0 Å². The molecule has 2 atom stereocenters. The fourth-order valence-corrected chi connectivity index (χ4v) is 5.49. The lowest BCUT2D eigenvalue weighted by Gasteiger charge is -2.47. The quantitative estimate of drug-likeness (QED) is 0.795. The summed E-state index contributed by atoms with van der Waals surface area (Å²) in [6.45, 7) is 7.04. The Morgan fingerprint density at radius 2 is 1.76 bits per heavy atom. The van der Waals surface area contributed by atoms with E-state index < -0.39 is 0 Å². The summed E-state index contributed by atoms with van der Waals surface area (Å²) < 4.78 is 6.28. The van der Waals surface area contributed by atoms with Gasteiger partial charge in [-0.05, 0) is 62.8 Å². The van der Waals surface area contributed by atoms with Crippen LogP contribution < -0.4 is 5.32 Å². The maximum Gasteiger partial charge on any atom is 0.0685 e. The van der Waals surface area contributed by atoms with Crippen LogP contribution in [0.25, 0.3) is 0 Å². The van der Waals surface area contributed by atoms with Crippen molar-refractivity contribution in [2.75, 3.05) is 13.2 Å². The van der Waals surface area contributed by atoms with Crippen molar-refractivity contribution in [2.45, 2.75) is 96.1 Å². The zero-order valence-corrected chi connectivity index (χ0v) is 14.3. The Morgan fingerprint density at radius 1 is 1.10 bits per heavy atom. The average molecular weight is 293 g/mol. The van der Waals surface area contributed by atoms with Crippen molar-refractivity contribution in [1.82, 2.24) is 5.32 Å². The van der Waals surface area contributed by atoms with E-state index in [1.807, 2.05) is 0 Å². The zero-order chi connectivity index (χ0) is 14.8. The highest BCUT2D eigenvalue weighted by molar-refractivity contribution is 5.00. The molecule has 2 aliphatic carbocycles. The van der Waals surface area contributed by atoms with Gasteiger partial charge in [0, 0.05) is 12.6 Å². The molecule has 3 fully saturated rings. The molecule has 1 N–H and O–H groups in total. The van der Waals surface area contributed by atoms with Gasteiger partial charge in [0.1, 0.15) is 0 Å². The van der Waals surface area contributed by atoms with E-state index in [4.69, 9.17) is 4.74 Å². The summed E-state index contributed by atoms with van der Waals surface area (Å²) in [5.41, 5.74) is 0.807. The monoisotopic (exact) mass is 293 g/mol. The van der Waals surface area contributed by atoms with Crippen molar-refractivity contribution >= 4 is 0 Å². The molecule has 0 aromatic carbocycles. The maximum atomic E-state index is 6.28. The third-order valence-electron chi connectivity index (χ3n) is 6.63. The first-order chi connectivity index (χ1) is 10.2. The van der Waals surface area contributed by atoms with Crippen molar-refractivity contribution in [3.8, 4) is 0 Å². The molecule has 1 aliphatic heterocycles. The van der Waals surface area contributed by atoms with Crippen molar-refractivity contribution in [3.63, 3.8) is 0 Å². The van der Waals surface area contributed by atoms with Crippen LogP contribution in [0.5, 0.6) is 0 Å². The van der Waals surface area contributed by atoms with Crippen LogP contribution in [0.4, 0.5) is 0 Å². The number of ether oxygens (including phenoxy) is 1. The first kappa shape index (κ1) is 15.8. The third kappa shape index (κ3) is 3.32. The zero-order valence-electron chi connectivity index (χ0n) is 14.3. The van der Waals surface area contributed by atoms with Crippen LogP contribution in [0.3, 0.4) is 0 Å². The van der Waals surface area contributed by atoms with Gasteiger partial charge < -0.3 is 10.1 Å². The molecule has 0 aromatic rings. The first-order valence-electron chi connectivity index (χ1n) is 9.55. The lowest BCUT2D eigenvalue weighted by molar-refractivity contribution is -0.105. The van der Waals surface area contributed by atoms with Gasteiger partial charge in [-0.1, -0.05) is 39.5 Å². The molecule has 21 heavy (non-hydrogen) atoms. The normalized spacial score (nSPS) is 32.6. The van der Waals surface area contributed by atoms with E-state index in [0.29, 0.717) is 5.41 Å². The highest BCUT2D eigenvalue weighted by Crippen LogP contribution is 2.49. The van der Waals surface area contributed by atoms with Crippen LogP contribution in [-0.4, -0.2) is 24.8 Å². The fraction of sp³-hybridized carbons (Fsp3) is 1.00. The summed E-state index contributed by atoms with van der Waals surface area (Å²) in [5, 5.41) is 3.97. The number of hydrogen-bond acceptors (Lipinski definition) is 2. The number of hydrogen-bond donors (Lipinski definition) is 1. The summed E-state index contributed by atoms with van der Waals surface area (Å²) in [5.74, 6) is 0.839. The van der Waals surface area contributed by atoms with Crippen molar-refractivity contribution in [3.05, 3.63) is 0 Å². The maximum absolute atomic E-state index is 6.28. The van der Waals surface area contributed by atoms with Crippen LogP contribution in [0.2, 0.25) is 0 Å². The van der Waals surface area contributed by atoms with E-state index >= 15 is 0 Å². The second-order valence-corrected chi connectivity index (χ2v) is 8.28. The summed E-state index contributed by atoms with van der Waals surface area (Å²) >= 11 is 0. The second kappa shape index (κ2) is 6.58. The van der Waals surface area contributed by atoms with E-state index in [0.717, 1.165) is 18.6 Å². The largest absolute Gasteiger partial charge is 0.375 e. The Morgan fingerprint density at radius 3 is 2.43 bits per heavy atom. The molecular formula is C19H35NO. The molecule has 2 unspecified atom stereocenters. The summed E-state index contributed by atoms with van der Waals surface area (Å²) in [7, 11) is 0. The van der Waals surface area contributed by atoms with Gasteiger partial charge in [-0.15, -0.1) is 0 Å². The Labute approximate surface area is 131 Å². The van der Waals surface area contributed by atoms with E-state index in [2.05, 4.69) is 19.2 Å². The fourth-order valence-electron chi connectivity index (χ4n) is 5.49. The standard InChI is InChI=1S/C19H35NO/c1-3-13-20-17(18(2)9-4-5-10-18)16-8-14-21-19(15-16)11-6-7-12-19/h16-17,20H,3-15H2,1-2H3. The Kier molecular flexibility index (Phi) is 4.95. The SMILES string of the molecule is CCCNC(C1CCOC2(CCCC2)C1)C1(C)CCCC1. The topological polar surface area (TPSA) is 21.3 Å². The van der Waals surface area contributed by atoms with E-state index in [1.165, 1.54) is 77.2 Å². The van der Waals surface area contributed by atoms with Gasteiger partial charge in [0.2, 0.25) is 0 Å². The molecule has 1 heterocycles. The predicted molar refractivity (Wildman–Crippen MR) is 88.5 cm³/mol. The third-order valence-corrected chi connectivity index (χ3v) is 6.63. The van der Waals surface area contributed by atoms with Crippen LogP contribution in [0.15, 0.2) is 0 Å². The molecule has 2 saturated carbocycles. The molecule has 122 valence electrons. The lowest BCUT2D eigenvalue weighted by atomic mass is 9.69. The molecule has 1 saturated heterocycles. The molecule has 3 rings (SSSR count). The van der Waals surface area contributed by atoms with Gasteiger partial charge in [0.15, 0.2) is 0 Å². The van der Waals surface area contributed by atoms with Crippen molar-refractivity contribution < 1.29 is 4.74 Å². The average Bonchev–Trinajstić information content (AvgIpc) is 3.10. The Bertz CT molecular complexity index is 328. The van der Waals surface area contributed by atoms with Crippen LogP contribution in [-0.2, 0) is 4.74 Å². The Balaban J connectivity index is 1.72. The molecule has 0 amide bonds. The highest BCUT2D eigenvalue weighted by Gasteiger charge is 2.47. The second-order valence-electron chi connectivity index (χ2n) is 8.28. The molecule has 0 bridgehead atoms. The van der Waals surface area contributed by atoms with Gasteiger partial charge in [-0.2, -0.15) is 0 Å². The van der Waals surface area contributed by atoms with Crippen LogP contribution in [0.1, 0.15) is 84.5 Å². The molecular weight excluding hydrogens is 258 g/mol. The van der Waals surface area contributed by atoms with Crippen molar-refractivity contribution in [1.29, 1.82) is 0 Å². The molecule has 3 aliphatic rings. The van der Waals surface area contributed by atoms with Crippen LogP contribution >= 0.6 is 0 Å². The minimum absolute atomic E-state index is 0.268. The van der Waals surface area contributed by atoms with Gasteiger partial charge in [0.05, 0.1) is 5.60 Å². The smallest absolute Gasteiger partial charge is 0.0685 e. The Hall–Kier alpha value is -0.0800.